The van der Waals surface area contributed by atoms with Crippen LogP contribution in [0.5, 0.6) is 0 Å². The lowest BCUT2D eigenvalue weighted by Crippen LogP contribution is -2.36. The Labute approximate surface area is 106 Å². The second-order valence-corrected chi connectivity index (χ2v) is 5.82. The van der Waals surface area contributed by atoms with E-state index >= 15 is 0 Å². The van der Waals surface area contributed by atoms with Gasteiger partial charge in [0.25, 0.3) is 0 Å². The molecule has 17 heavy (non-hydrogen) atoms. The van der Waals surface area contributed by atoms with Crippen molar-refractivity contribution in [1.82, 2.24) is 0 Å². The van der Waals surface area contributed by atoms with Crippen molar-refractivity contribution in [3.8, 4) is 0 Å². The van der Waals surface area contributed by atoms with Gasteiger partial charge in [-0.25, -0.2) is 0 Å². The number of thioether (sulfide) groups is 1. The van der Waals surface area contributed by atoms with Gasteiger partial charge in [0.05, 0.1) is 0 Å². The van der Waals surface area contributed by atoms with Crippen LogP contribution in [0.4, 0.5) is 13.2 Å². The molecule has 1 nitrogen and oxygen atoms in total. The maximum atomic E-state index is 12.2. The summed E-state index contributed by atoms with van der Waals surface area (Å²) in [6.07, 6.45) is 0.109. The minimum absolute atomic E-state index is 0.695. The zero-order chi connectivity index (χ0) is 13.3. The number of alkyl halides is 3. The Hall–Kier alpha value is 0.100. The molecule has 0 aliphatic rings. The van der Waals surface area contributed by atoms with Crippen molar-refractivity contribution in [1.29, 1.82) is 0 Å². The fourth-order valence-electron chi connectivity index (χ4n) is 1.51. The van der Waals surface area contributed by atoms with Crippen molar-refractivity contribution in [3.63, 3.8) is 0 Å². The molecule has 0 saturated heterocycles. The van der Waals surface area contributed by atoms with E-state index in [0.717, 1.165) is 19.3 Å². The number of unbranched alkanes of at least 4 members (excludes halogenated alkanes) is 5. The molecule has 0 aliphatic carbocycles. The zero-order valence-corrected chi connectivity index (χ0v) is 11.4. The van der Waals surface area contributed by atoms with Crippen molar-refractivity contribution in [2.24, 2.45) is 0 Å². The van der Waals surface area contributed by atoms with E-state index in [-0.39, 0.29) is 0 Å². The second-order valence-electron chi connectivity index (χ2n) is 4.33. The topological polar surface area (TPSA) is 20.2 Å². The molecule has 0 radical (unpaired) electrons. The highest BCUT2D eigenvalue weighted by Crippen LogP contribution is 2.28. The summed E-state index contributed by atoms with van der Waals surface area (Å²) in [5.74, 6) is 0.695. The minimum Gasteiger partial charge on any atom is -0.383 e. The van der Waals surface area contributed by atoms with E-state index in [0.29, 0.717) is 5.75 Å². The normalized spacial score (nSPS) is 15.9. The molecule has 0 fully saturated rings. The Bertz CT molecular complexity index is 185. The van der Waals surface area contributed by atoms with Gasteiger partial charge in [-0.3, -0.25) is 0 Å². The third-order valence-corrected chi connectivity index (χ3v) is 3.97. The Morgan fingerprint density at radius 2 is 1.59 bits per heavy atom. The summed E-state index contributed by atoms with van der Waals surface area (Å²) >= 11 is 1.21. The van der Waals surface area contributed by atoms with E-state index in [2.05, 4.69) is 6.92 Å². The molecule has 5 heteroatoms. The predicted octanol–water partition coefficient (Wildman–Crippen LogP) is 4.39. The third kappa shape index (κ3) is 8.77. The Balaban J connectivity index is 3.48. The summed E-state index contributed by atoms with van der Waals surface area (Å²) in [7, 11) is 0. The summed E-state index contributed by atoms with van der Waals surface area (Å²) in [5.41, 5.74) is 0. The van der Waals surface area contributed by atoms with E-state index < -0.39 is 17.5 Å². The van der Waals surface area contributed by atoms with Gasteiger partial charge >= 0.3 is 6.18 Å². The second kappa shape index (κ2) is 9.09. The first kappa shape index (κ1) is 17.1. The quantitative estimate of drug-likeness (QED) is 0.628. The largest absolute Gasteiger partial charge is 0.415 e. The van der Waals surface area contributed by atoms with Crippen LogP contribution in [0.1, 0.15) is 52.4 Å². The van der Waals surface area contributed by atoms with Crippen LogP contribution in [0.3, 0.4) is 0 Å². The molecule has 0 spiro atoms. The zero-order valence-electron chi connectivity index (χ0n) is 10.6. The highest BCUT2D eigenvalue weighted by molar-refractivity contribution is 7.99. The fraction of sp³-hybridized carbons (Fsp3) is 1.00. The van der Waals surface area contributed by atoms with E-state index in [1.54, 1.807) is 0 Å². The van der Waals surface area contributed by atoms with Gasteiger partial charge in [-0.2, -0.15) is 24.9 Å². The minimum atomic E-state index is -4.49. The van der Waals surface area contributed by atoms with Gasteiger partial charge in [0.2, 0.25) is 0 Å². The smallest absolute Gasteiger partial charge is 0.383 e. The van der Waals surface area contributed by atoms with Crippen molar-refractivity contribution >= 4 is 11.8 Å². The van der Waals surface area contributed by atoms with Crippen LogP contribution in [0.2, 0.25) is 0 Å². The molecule has 104 valence electrons. The van der Waals surface area contributed by atoms with Crippen molar-refractivity contribution in [2.75, 3.05) is 5.75 Å². The van der Waals surface area contributed by atoms with Crippen LogP contribution in [-0.2, 0) is 0 Å². The van der Waals surface area contributed by atoms with Gasteiger partial charge < -0.3 is 5.11 Å². The van der Waals surface area contributed by atoms with Gasteiger partial charge in [-0.1, -0.05) is 46.0 Å². The summed E-state index contributed by atoms with van der Waals surface area (Å²) in [5, 5.41) is 8.21. The lowest BCUT2D eigenvalue weighted by Gasteiger charge is -2.20. The van der Waals surface area contributed by atoms with E-state index in [9.17, 15) is 13.2 Å². The standard InChI is InChI=1S/C12H23F3OS/c1-3-4-5-6-7-8-9-17-10(2)11(16)12(13,14)15/h10-11,16H,3-9H2,1-2H3. The van der Waals surface area contributed by atoms with Gasteiger partial charge in [0.1, 0.15) is 0 Å². The number of hydrogen-bond donors (Lipinski definition) is 1. The molecular formula is C12H23F3OS. The molecule has 0 amide bonds. The van der Waals surface area contributed by atoms with E-state index in [4.69, 9.17) is 5.11 Å². The summed E-state index contributed by atoms with van der Waals surface area (Å²) < 4.78 is 36.5. The molecule has 0 heterocycles. The Kier molecular flexibility index (Phi) is 9.14. The van der Waals surface area contributed by atoms with Gasteiger partial charge in [-0.15, -0.1) is 0 Å². The van der Waals surface area contributed by atoms with Crippen LogP contribution in [0.15, 0.2) is 0 Å². The maximum absolute atomic E-state index is 12.2. The molecule has 0 rings (SSSR count). The summed E-state index contributed by atoms with van der Waals surface area (Å²) in [6, 6.07) is 0. The number of aliphatic hydroxyl groups is 1. The van der Waals surface area contributed by atoms with Gasteiger partial charge in [-0.05, 0) is 12.2 Å². The van der Waals surface area contributed by atoms with Crippen LogP contribution in [0, 0.1) is 0 Å². The molecule has 1 N–H and O–H groups in total. The summed E-state index contributed by atoms with van der Waals surface area (Å²) in [4.78, 5) is 0. The first-order valence-electron chi connectivity index (χ1n) is 6.26. The highest BCUT2D eigenvalue weighted by Gasteiger charge is 2.41. The predicted molar refractivity (Wildman–Crippen MR) is 67.4 cm³/mol. The first-order valence-corrected chi connectivity index (χ1v) is 7.30. The van der Waals surface area contributed by atoms with Crippen molar-refractivity contribution < 1.29 is 18.3 Å². The number of rotatable bonds is 9. The van der Waals surface area contributed by atoms with Gasteiger partial charge in [0, 0.05) is 5.25 Å². The molecule has 2 unspecified atom stereocenters. The SMILES string of the molecule is CCCCCCCCSC(C)C(O)C(F)(F)F. The van der Waals surface area contributed by atoms with Crippen LogP contribution in [0.25, 0.3) is 0 Å². The van der Waals surface area contributed by atoms with Crippen molar-refractivity contribution in [3.05, 3.63) is 0 Å². The molecule has 0 aromatic heterocycles. The Morgan fingerprint density at radius 3 is 2.12 bits per heavy atom. The molecule has 0 aromatic rings. The average Bonchev–Trinajstić information content (AvgIpc) is 2.25. The average molecular weight is 272 g/mol. The van der Waals surface area contributed by atoms with Crippen LogP contribution >= 0.6 is 11.8 Å². The van der Waals surface area contributed by atoms with Gasteiger partial charge in [0.15, 0.2) is 6.10 Å². The number of halogens is 3. The van der Waals surface area contributed by atoms with Crippen LogP contribution < -0.4 is 0 Å². The Morgan fingerprint density at radius 1 is 1.06 bits per heavy atom. The fourth-order valence-corrected chi connectivity index (χ4v) is 2.59. The summed E-state index contributed by atoms with van der Waals surface area (Å²) in [6.45, 7) is 3.58. The van der Waals surface area contributed by atoms with E-state index in [1.807, 2.05) is 0 Å². The van der Waals surface area contributed by atoms with Crippen molar-refractivity contribution in [2.45, 2.75) is 69.9 Å². The van der Waals surface area contributed by atoms with Crippen LogP contribution in [-0.4, -0.2) is 28.4 Å². The van der Waals surface area contributed by atoms with E-state index in [1.165, 1.54) is 37.9 Å². The number of aliphatic hydroxyl groups excluding tert-OH is 1. The molecule has 0 saturated carbocycles. The first-order chi connectivity index (χ1) is 7.89. The monoisotopic (exact) mass is 272 g/mol. The lowest BCUT2D eigenvalue weighted by atomic mass is 10.1. The molecule has 2 atom stereocenters. The highest BCUT2D eigenvalue weighted by atomic mass is 32.2. The molecule has 0 bridgehead atoms. The maximum Gasteiger partial charge on any atom is 0.415 e. The molecule has 0 aromatic carbocycles. The molecular weight excluding hydrogens is 249 g/mol. The number of hydrogen-bond acceptors (Lipinski definition) is 2. The molecule has 0 aliphatic heterocycles. The lowest BCUT2D eigenvalue weighted by molar-refractivity contribution is -0.202. The third-order valence-electron chi connectivity index (χ3n) is 2.66.